The number of guanidine groups is 1. The first-order chi connectivity index (χ1) is 11.2. The molecule has 1 heterocycles. The Morgan fingerprint density at radius 1 is 1.38 bits per heavy atom. The number of anilines is 1. The van der Waals surface area contributed by atoms with E-state index >= 15 is 0 Å². The van der Waals surface area contributed by atoms with E-state index in [1.165, 1.54) is 25.5 Å². The molecular weight excluding hydrogens is 435 g/mol. The zero-order valence-corrected chi connectivity index (χ0v) is 17.4. The van der Waals surface area contributed by atoms with Gasteiger partial charge in [-0.15, -0.1) is 24.0 Å². The molecule has 0 spiro atoms. The van der Waals surface area contributed by atoms with Gasteiger partial charge in [0.2, 0.25) is 5.91 Å². The van der Waals surface area contributed by atoms with Crippen LogP contribution in [-0.4, -0.2) is 36.0 Å². The number of carbonyl (C=O) groups excluding carboxylic acids is 1. The Hall–Kier alpha value is -0.960. The van der Waals surface area contributed by atoms with Gasteiger partial charge in [0.15, 0.2) is 5.96 Å². The maximum atomic E-state index is 11.1. The molecule has 1 aliphatic heterocycles. The average molecular weight is 462 g/mol. The van der Waals surface area contributed by atoms with E-state index in [9.17, 15) is 4.79 Å². The van der Waals surface area contributed by atoms with Crippen molar-refractivity contribution in [2.24, 2.45) is 4.99 Å². The third kappa shape index (κ3) is 7.74. The zero-order valence-electron chi connectivity index (χ0n) is 14.3. The average Bonchev–Trinajstić information content (AvgIpc) is 3.03. The van der Waals surface area contributed by atoms with Crippen molar-refractivity contribution in [2.75, 3.05) is 24.2 Å². The first-order valence-corrected chi connectivity index (χ1v) is 9.22. The number of rotatable bonds is 6. The normalized spacial score (nSPS) is 17.1. The lowest BCUT2D eigenvalue weighted by Gasteiger charge is -2.14. The lowest BCUT2D eigenvalue weighted by atomic mass is 10.2. The zero-order chi connectivity index (χ0) is 16.5. The molecule has 24 heavy (non-hydrogen) atoms. The number of nitrogens with zero attached hydrogens (tertiary/aromatic N) is 1. The lowest BCUT2D eigenvalue weighted by molar-refractivity contribution is -0.114. The van der Waals surface area contributed by atoms with Crippen molar-refractivity contribution in [2.45, 2.75) is 38.5 Å². The summed E-state index contributed by atoms with van der Waals surface area (Å²) >= 11 is 2.04. The van der Waals surface area contributed by atoms with E-state index in [2.05, 4.69) is 27.9 Å². The molecule has 0 saturated carbocycles. The van der Waals surface area contributed by atoms with Crippen molar-refractivity contribution in [3.63, 3.8) is 0 Å². The third-order valence-electron chi connectivity index (χ3n) is 3.53. The number of hydrogen-bond acceptors (Lipinski definition) is 3. The minimum Gasteiger partial charge on any atom is -0.357 e. The molecule has 1 fully saturated rings. The summed E-state index contributed by atoms with van der Waals surface area (Å²) in [6, 6.07) is 7.80. The van der Waals surface area contributed by atoms with Crippen molar-refractivity contribution < 1.29 is 4.79 Å². The van der Waals surface area contributed by atoms with Crippen LogP contribution in [0.2, 0.25) is 0 Å². The predicted octanol–water partition coefficient (Wildman–Crippen LogP) is 3.21. The second kappa shape index (κ2) is 11.6. The Labute approximate surface area is 165 Å². The van der Waals surface area contributed by atoms with Crippen molar-refractivity contribution in [1.82, 2.24) is 10.6 Å². The largest absolute Gasteiger partial charge is 0.357 e. The highest BCUT2D eigenvalue weighted by atomic mass is 127. The number of nitrogens with one attached hydrogen (secondary N) is 3. The maximum absolute atomic E-state index is 11.1. The summed E-state index contributed by atoms with van der Waals surface area (Å²) < 4.78 is 0. The molecule has 5 nitrogen and oxygen atoms in total. The van der Waals surface area contributed by atoms with Crippen LogP contribution in [0.4, 0.5) is 5.69 Å². The summed E-state index contributed by atoms with van der Waals surface area (Å²) in [5, 5.41) is 10.2. The SMILES string of the molecule is CCNC(=NCc1cccc(NC(C)=O)c1)NCC1CCCS1.I. The van der Waals surface area contributed by atoms with Crippen LogP contribution in [0, 0.1) is 0 Å². The monoisotopic (exact) mass is 462 g/mol. The van der Waals surface area contributed by atoms with E-state index in [1.54, 1.807) is 0 Å². The van der Waals surface area contributed by atoms with Gasteiger partial charge in [-0.2, -0.15) is 11.8 Å². The summed E-state index contributed by atoms with van der Waals surface area (Å²) in [6.07, 6.45) is 2.61. The van der Waals surface area contributed by atoms with E-state index in [1.807, 2.05) is 36.0 Å². The fourth-order valence-corrected chi connectivity index (χ4v) is 3.68. The van der Waals surface area contributed by atoms with Gasteiger partial charge in [0.1, 0.15) is 0 Å². The van der Waals surface area contributed by atoms with Gasteiger partial charge >= 0.3 is 0 Å². The van der Waals surface area contributed by atoms with E-state index in [0.717, 1.165) is 30.3 Å². The topological polar surface area (TPSA) is 65.5 Å². The molecule has 1 aliphatic rings. The minimum absolute atomic E-state index is 0. The Morgan fingerprint density at radius 2 is 2.21 bits per heavy atom. The third-order valence-corrected chi connectivity index (χ3v) is 4.93. The van der Waals surface area contributed by atoms with Crippen LogP contribution < -0.4 is 16.0 Å². The highest BCUT2D eigenvalue weighted by molar-refractivity contribution is 14.0. The van der Waals surface area contributed by atoms with Gasteiger partial charge in [0.25, 0.3) is 0 Å². The van der Waals surface area contributed by atoms with Crippen molar-refractivity contribution in [3.05, 3.63) is 29.8 Å². The van der Waals surface area contributed by atoms with Gasteiger partial charge in [-0.1, -0.05) is 12.1 Å². The summed E-state index contributed by atoms with van der Waals surface area (Å²) in [5.41, 5.74) is 1.88. The Morgan fingerprint density at radius 3 is 2.88 bits per heavy atom. The van der Waals surface area contributed by atoms with Crippen LogP contribution in [0.15, 0.2) is 29.3 Å². The number of thioether (sulfide) groups is 1. The van der Waals surface area contributed by atoms with Crippen molar-refractivity contribution in [1.29, 1.82) is 0 Å². The lowest BCUT2D eigenvalue weighted by Crippen LogP contribution is -2.40. The van der Waals surface area contributed by atoms with Crippen LogP contribution in [0.5, 0.6) is 0 Å². The minimum atomic E-state index is -0.0604. The number of carbonyl (C=O) groups is 1. The Bertz CT molecular complexity index is 547. The van der Waals surface area contributed by atoms with Crippen LogP contribution in [-0.2, 0) is 11.3 Å². The summed E-state index contributed by atoms with van der Waals surface area (Å²) in [4.78, 5) is 15.8. The molecule has 1 aromatic carbocycles. The molecule has 1 atom stereocenters. The van der Waals surface area contributed by atoms with Crippen molar-refractivity contribution in [3.8, 4) is 0 Å². The molecule has 1 aromatic rings. The van der Waals surface area contributed by atoms with Crippen LogP contribution in [0.25, 0.3) is 0 Å². The number of benzene rings is 1. The molecule has 0 aliphatic carbocycles. The van der Waals surface area contributed by atoms with Crippen LogP contribution in [0.1, 0.15) is 32.3 Å². The Balaban J connectivity index is 0.00000288. The molecule has 0 radical (unpaired) electrons. The standard InChI is InChI=1S/C17H26N4OS.HI/c1-3-18-17(20-12-16-8-5-9-23-16)19-11-14-6-4-7-15(10-14)21-13(2)22;/h4,6-7,10,16H,3,5,8-9,11-12H2,1-2H3,(H,21,22)(H2,18,19,20);1H. The number of amides is 1. The molecule has 0 bridgehead atoms. The first-order valence-electron chi connectivity index (χ1n) is 8.17. The van der Waals surface area contributed by atoms with E-state index in [4.69, 9.17) is 0 Å². The van der Waals surface area contributed by atoms with Crippen LogP contribution >= 0.6 is 35.7 Å². The van der Waals surface area contributed by atoms with E-state index < -0.39 is 0 Å². The molecule has 1 unspecified atom stereocenters. The second-order valence-corrected chi connectivity index (χ2v) is 7.00. The van der Waals surface area contributed by atoms with Gasteiger partial charge in [-0.05, 0) is 43.2 Å². The Kier molecular flexibility index (Phi) is 10.2. The molecule has 0 aromatic heterocycles. The molecule has 134 valence electrons. The molecule has 1 saturated heterocycles. The van der Waals surface area contributed by atoms with Crippen LogP contribution in [0.3, 0.4) is 0 Å². The molecular formula is C17H27IN4OS. The van der Waals surface area contributed by atoms with Gasteiger partial charge in [-0.25, -0.2) is 4.99 Å². The molecule has 7 heteroatoms. The number of aliphatic imine (C=N–C) groups is 1. The quantitative estimate of drug-likeness (QED) is 0.345. The number of halogens is 1. The highest BCUT2D eigenvalue weighted by Crippen LogP contribution is 2.25. The predicted molar refractivity (Wildman–Crippen MR) is 114 cm³/mol. The summed E-state index contributed by atoms with van der Waals surface area (Å²) in [5.74, 6) is 2.07. The molecule has 2 rings (SSSR count). The van der Waals surface area contributed by atoms with Gasteiger partial charge in [0.05, 0.1) is 6.54 Å². The van der Waals surface area contributed by atoms with Gasteiger partial charge in [-0.3, -0.25) is 4.79 Å². The van der Waals surface area contributed by atoms with Crippen molar-refractivity contribution >= 4 is 53.3 Å². The molecule has 3 N–H and O–H groups in total. The van der Waals surface area contributed by atoms with Gasteiger partial charge in [0, 0.05) is 31.0 Å². The summed E-state index contributed by atoms with van der Waals surface area (Å²) in [6.45, 7) is 5.97. The van der Waals surface area contributed by atoms with E-state index in [-0.39, 0.29) is 29.9 Å². The van der Waals surface area contributed by atoms with Gasteiger partial charge < -0.3 is 16.0 Å². The highest BCUT2D eigenvalue weighted by Gasteiger charge is 2.15. The molecule has 1 amide bonds. The number of hydrogen-bond donors (Lipinski definition) is 3. The second-order valence-electron chi connectivity index (χ2n) is 5.59. The fraction of sp³-hybridized carbons (Fsp3) is 0.529. The smallest absolute Gasteiger partial charge is 0.221 e. The summed E-state index contributed by atoms with van der Waals surface area (Å²) in [7, 11) is 0. The fourth-order valence-electron chi connectivity index (χ4n) is 2.48. The van der Waals surface area contributed by atoms with E-state index in [0.29, 0.717) is 11.8 Å². The first kappa shape index (κ1) is 21.1. The maximum Gasteiger partial charge on any atom is 0.221 e.